The van der Waals surface area contributed by atoms with Crippen LogP contribution in [0.2, 0.25) is 5.02 Å². The lowest BCUT2D eigenvalue weighted by Crippen LogP contribution is -2.44. The number of H-pyrrole nitrogens is 1. The van der Waals surface area contributed by atoms with Crippen LogP contribution in [-0.2, 0) is 4.79 Å². The molecular formula is C23H24ClN5O3. The van der Waals surface area contributed by atoms with E-state index in [1.165, 1.54) is 0 Å². The zero-order valence-electron chi connectivity index (χ0n) is 17.4. The van der Waals surface area contributed by atoms with Gasteiger partial charge < -0.3 is 20.0 Å². The quantitative estimate of drug-likeness (QED) is 0.603. The van der Waals surface area contributed by atoms with Crippen LogP contribution in [0, 0.1) is 0 Å². The van der Waals surface area contributed by atoms with Gasteiger partial charge >= 0.3 is 0 Å². The summed E-state index contributed by atoms with van der Waals surface area (Å²) in [5.74, 6) is -0.235. The Morgan fingerprint density at radius 2 is 2.00 bits per heavy atom. The van der Waals surface area contributed by atoms with Gasteiger partial charge in [0.25, 0.3) is 5.91 Å². The molecule has 1 amide bonds. The zero-order chi connectivity index (χ0) is 22.2. The van der Waals surface area contributed by atoms with E-state index in [-0.39, 0.29) is 5.92 Å². The zero-order valence-corrected chi connectivity index (χ0v) is 18.2. The maximum absolute atomic E-state index is 12.2. The van der Waals surface area contributed by atoms with Crippen LogP contribution in [0.3, 0.4) is 0 Å². The summed E-state index contributed by atoms with van der Waals surface area (Å²) in [6.45, 7) is 1.32. The molecule has 4 heterocycles. The molecule has 0 unspecified atom stereocenters. The number of piperidine rings is 1. The van der Waals surface area contributed by atoms with Crippen LogP contribution in [0.15, 0.2) is 47.2 Å². The number of nitrogens with one attached hydrogen (secondary N) is 1. The van der Waals surface area contributed by atoms with Gasteiger partial charge in [0.2, 0.25) is 0 Å². The minimum Gasteiger partial charge on any atom is -0.393 e. The number of likely N-dealkylation sites (tertiary alicyclic amines) is 1. The third-order valence-corrected chi connectivity index (χ3v) is 6.49. The maximum Gasteiger partial charge on any atom is 0.253 e. The van der Waals surface area contributed by atoms with E-state index in [9.17, 15) is 9.90 Å². The summed E-state index contributed by atoms with van der Waals surface area (Å²) >= 11 is 6.10. The molecule has 3 aliphatic rings. The van der Waals surface area contributed by atoms with Gasteiger partial charge in [-0.1, -0.05) is 23.7 Å². The Hall–Kier alpha value is -2.94. The first-order chi connectivity index (χ1) is 15.6. The Balaban J connectivity index is 1.48. The number of allylic oxidation sites excluding steroid dienone is 1. The summed E-state index contributed by atoms with van der Waals surface area (Å²) in [4.78, 5) is 20.4. The fourth-order valence-corrected chi connectivity index (χ4v) is 4.56. The molecule has 0 bridgehead atoms. The van der Waals surface area contributed by atoms with E-state index in [4.69, 9.17) is 21.8 Å². The molecule has 1 aromatic carbocycles. The molecule has 0 radical (unpaired) electrons. The molecule has 0 aliphatic carbocycles. The predicted octanol–water partition coefficient (Wildman–Crippen LogP) is 2.37. The Kier molecular flexibility index (Phi) is 5.58. The van der Waals surface area contributed by atoms with Crippen LogP contribution in [-0.4, -0.2) is 74.7 Å². The minimum absolute atomic E-state index is 0.183. The van der Waals surface area contributed by atoms with E-state index in [1.807, 2.05) is 36.5 Å². The van der Waals surface area contributed by atoms with Crippen molar-refractivity contribution < 1.29 is 15.0 Å². The van der Waals surface area contributed by atoms with Crippen molar-refractivity contribution in [3.8, 4) is 11.3 Å². The van der Waals surface area contributed by atoms with Gasteiger partial charge in [-0.3, -0.25) is 14.9 Å². The number of carbonyl (C=O) groups excluding carboxylic acids is 1. The Morgan fingerprint density at radius 1 is 1.25 bits per heavy atom. The number of hydrogen-bond acceptors (Lipinski definition) is 6. The van der Waals surface area contributed by atoms with Gasteiger partial charge in [0.05, 0.1) is 24.5 Å². The van der Waals surface area contributed by atoms with E-state index < -0.39 is 18.6 Å². The lowest BCUT2D eigenvalue weighted by atomic mass is 9.88. The van der Waals surface area contributed by atoms with Gasteiger partial charge in [0.15, 0.2) is 6.10 Å². The molecule has 1 atom stereocenters. The van der Waals surface area contributed by atoms with Crippen LogP contribution in [0.5, 0.6) is 0 Å². The molecule has 2 aromatic rings. The van der Waals surface area contributed by atoms with Crippen LogP contribution in [0.1, 0.15) is 30.0 Å². The summed E-state index contributed by atoms with van der Waals surface area (Å²) in [7, 11) is 0. The molecule has 0 saturated carbocycles. The Morgan fingerprint density at radius 3 is 2.72 bits per heavy atom. The molecule has 9 heteroatoms. The van der Waals surface area contributed by atoms with Gasteiger partial charge in [-0.05, 0) is 31.1 Å². The molecular weight excluding hydrogens is 430 g/mol. The number of aromatic nitrogens is 2. The molecule has 5 rings (SSSR count). The third-order valence-electron chi connectivity index (χ3n) is 6.24. The monoisotopic (exact) mass is 453 g/mol. The number of aliphatic hydroxyl groups is 2. The first kappa shape index (κ1) is 20.9. The number of fused-ring (bicyclic) bond motifs is 1. The minimum atomic E-state index is -1.35. The molecule has 3 N–H and O–H groups in total. The van der Waals surface area contributed by atoms with Crippen LogP contribution < -0.4 is 0 Å². The average Bonchev–Trinajstić information content (AvgIpc) is 3.50. The van der Waals surface area contributed by atoms with Crippen molar-refractivity contribution in [3.63, 3.8) is 0 Å². The maximum atomic E-state index is 12.2. The lowest BCUT2D eigenvalue weighted by Gasteiger charge is -2.33. The third kappa shape index (κ3) is 3.85. The fourth-order valence-electron chi connectivity index (χ4n) is 4.43. The number of benzene rings is 1. The number of rotatable bonds is 5. The highest BCUT2D eigenvalue weighted by molar-refractivity contribution is 6.30. The van der Waals surface area contributed by atoms with Crippen molar-refractivity contribution in [1.29, 1.82) is 0 Å². The number of aliphatic hydroxyl groups excluding tert-OH is 2. The van der Waals surface area contributed by atoms with Gasteiger partial charge in [0, 0.05) is 53.3 Å². The molecule has 1 aromatic heterocycles. The van der Waals surface area contributed by atoms with Crippen LogP contribution in [0.25, 0.3) is 17.0 Å². The topological polar surface area (TPSA) is 105 Å². The van der Waals surface area contributed by atoms with Crippen molar-refractivity contribution in [1.82, 2.24) is 20.0 Å². The predicted molar refractivity (Wildman–Crippen MR) is 122 cm³/mol. The summed E-state index contributed by atoms with van der Waals surface area (Å²) in [6, 6.07) is 7.65. The van der Waals surface area contributed by atoms with Gasteiger partial charge in [-0.2, -0.15) is 5.10 Å². The first-order valence-electron chi connectivity index (χ1n) is 10.7. The Bertz CT molecular complexity index is 1110. The molecule has 2 saturated heterocycles. The van der Waals surface area contributed by atoms with Crippen molar-refractivity contribution in [2.24, 2.45) is 4.99 Å². The fraction of sp³-hybridized carbons (Fsp3) is 0.348. The largest absolute Gasteiger partial charge is 0.393 e. The summed E-state index contributed by atoms with van der Waals surface area (Å²) < 4.78 is 0. The van der Waals surface area contributed by atoms with Crippen molar-refractivity contribution >= 4 is 29.4 Å². The molecule has 166 valence electrons. The van der Waals surface area contributed by atoms with E-state index in [0.29, 0.717) is 18.1 Å². The van der Waals surface area contributed by atoms with Crippen molar-refractivity contribution in [2.45, 2.75) is 24.9 Å². The van der Waals surface area contributed by atoms with Gasteiger partial charge in [-0.15, -0.1) is 0 Å². The van der Waals surface area contributed by atoms with Gasteiger partial charge in [-0.25, -0.2) is 0 Å². The summed E-state index contributed by atoms with van der Waals surface area (Å²) in [5.41, 5.74) is 6.14. The number of aliphatic imine (C=N–C) groups is 1. The molecule has 3 aliphatic heterocycles. The SMILES string of the molecule is O=C([C@H](O)CO)N1CCC(c2[nH]nc(-c3ccc(Cl)cc3)c2C2=CC=NC=C3CN32)CC1. The first-order valence-corrected chi connectivity index (χ1v) is 11.1. The summed E-state index contributed by atoms with van der Waals surface area (Å²) in [6.07, 6.45) is 5.82. The highest BCUT2D eigenvalue weighted by Gasteiger charge is 2.36. The standard InChI is InChI=1S/C23H24ClN5O3/c24-16-3-1-14(2-4-16)21-20(18-5-8-25-11-17-12-29(17)18)22(27-26-21)15-6-9-28(10-7-15)23(32)19(31)13-30/h1-5,8,11,15,19,30-31H,6-7,9-10,12-13H2,(H,26,27)/t19-,29?/m1/s1. The summed E-state index contributed by atoms with van der Waals surface area (Å²) in [5, 5.41) is 27.4. The normalized spacial score (nSPS) is 19.2. The number of amides is 1. The van der Waals surface area contributed by atoms with E-state index in [0.717, 1.165) is 53.3 Å². The van der Waals surface area contributed by atoms with Gasteiger partial charge in [0.1, 0.15) is 5.69 Å². The molecule has 32 heavy (non-hydrogen) atoms. The molecule has 0 spiro atoms. The molecule has 8 nitrogen and oxygen atoms in total. The lowest BCUT2D eigenvalue weighted by molar-refractivity contribution is -0.143. The van der Waals surface area contributed by atoms with E-state index in [2.05, 4.69) is 15.0 Å². The highest BCUT2D eigenvalue weighted by Crippen LogP contribution is 2.43. The van der Waals surface area contributed by atoms with E-state index >= 15 is 0 Å². The van der Waals surface area contributed by atoms with Crippen LogP contribution >= 0.6 is 11.6 Å². The second kappa shape index (κ2) is 8.54. The number of carbonyl (C=O) groups is 1. The second-order valence-corrected chi connectivity index (χ2v) is 8.66. The number of nitrogens with zero attached hydrogens (tertiary/aromatic N) is 4. The van der Waals surface area contributed by atoms with E-state index in [1.54, 1.807) is 11.1 Å². The second-order valence-electron chi connectivity index (χ2n) is 8.22. The van der Waals surface area contributed by atoms with Crippen molar-refractivity contribution in [3.05, 3.63) is 58.5 Å². The molecule has 2 fully saturated rings. The van der Waals surface area contributed by atoms with Crippen LogP contribution in [0.4, 0.5) is 0 Å². The Labute approximate surface area is 190 Å². The number of hydrogen-bond donors (Lipinski definition) is 3. The number of halogens is 1. The highest BCUT2D eigenvalue weighted by atomic mass is 35.5. The average molecular weight is 454 g/mol. The van der Waals surface area contributed by atoms with Crippen molar-refractivity contribution in [2.75, 3.05) is 26.2 Å². The number of aromatic amines is 1. The smallest absolute Gasteiger partial charge is 0.253 e.